The molecule has 0 saturated carbocycles. The number of anilines is 1. The van der Waals surface area contributed by atoms with Crippen molar-refractivity contribution in [2.75, 3.05) is 11.9 Å². The highest BCUT2D eigenvalue weighted by Crippen LogP contribution is 2.22. The van der Waals surface area contributed by atoms with Crippen LogP contribution in [-0.2, 0) is 6.54 Å². The summed E-state index contributed by atoms with van der Waals surface area (Å²) in [6.45, 7) is 2.76. The van der Waals surface area contributed by atoms with Gasteiger partial charge in [-0.25, -0.2) is 4.98 Å². The van der Waals surface area contributed by atoms with Gasteiger partial charge in [-0.05, 0) is 30.7 Å². The van der Waals surface area contributed by atoms with Crippen molar-refractivity contribution in [1.29, 1.82) is 0 Å². The van der Waals surface area contributed by atoms with Gasteiger partial charge in [-0.15, -0.1) is 0 Å². The molecule has 0 saturated heterocycles. The van der Waals surface area contributed by atoms with Crippen LogP contribution in [0.3, 0.4) is 0 Å². The third kappa shape index (κ3) is 2.84. The van der Waals surface area contributed by atoms with E-state index in [1.165, 1.54) is 5.56 Å². The highest BCUT2D eigenvalue weighted by Gasteiger charge is 2.11. The summed E-state index contributed by atoms with van der Waals surface area (Å²) >= 11 is 0. The van der Waals surface area contributed by atoms with Crippen LogP contribution in [0.1, 0.15) is 24.1 Å². The quantitative estimate of drug-likeness (QED) is 0.892. The zero-order chi connectivity index (χ0) is 13.0. The molecule has 2 aromatic heterocycles. The summed E-state index contributed by atoms with van der Waals surface area (Å²) in [4.78, 5) is 10.5. The van der Waals surface area contributed by atoms with Crippen molar-refractivity contribution in [2.45, 2.75) is 19.5 Å². The van der Waals surface area contributed by atoms with Crippen molar-refractivity contribution in [1.82, 2.24) is 9.97 Å². The summed E-state index contributed by atoms with van der Waals surface area (Å²) in [6, 6.07) is 7.93. The summed E-state index contributed by atoms with van der Waals surface area (Å²) in [7, 11) is 2.02. The molecule has 0 bridgehead atoms. The molecule has 0 radical (unpaired) electrons. The van der Waals surface area contributed by atoms with Crippen LogP contribution in [0.25, 0.3) is 0 Å². The van der Waals surface area contributed by atoms with Crippen LogP contribution in [-0.4, -0.2) is 17.0 Å². The van der Waals surface area contributed by atoms with Crippen molar-refractivity contribution in [3.05, 3.63) is 54.0 Å². The zero-order valence-corrected chi connectivity index (χ0v) is 10.7. The average molecular weight is 242 g/mol. The SMILES string of the molecule is CC(N)c1cccnc1N(C)Cc1ccncc1. The second-order valence-electron chi connectivity index (χ2n) is 4.42. The largest absolute Gasteiger partial charge is 0.355 e. The Morgan fingerprint density at radius 3 is 2.61 bits per heavy atom. The van der Waals surface area contributed by atoms with Gasteiger partial charge in [0.25, 0.3) is 0 Å². The first-order chi connectivity index (χ1) is 8.68. The minimum atomic E-state index is -0.0198. The number of nitrogens with zero attached hydrogens (tertiary/aromatic N) is 3. The summed E-state index contributed by atoms with van der Waals surface area (Å²) in [5.41, 5.74) is 8.24. The molecule has 0 fully saturated rings. The average Bonchev–Trinajstić information content (AvgIpc) is 2.40. The molecule has 0 aliphatic heterocycles. The molecule has 4 heteroatoms. The van der Waals surface area contributed by atoms with Gasteiger partial charge in [-0.3, -0.25) is 4.98 Å². The standard InChI is InChI=1S/C14H18N4/c1-11(15)13-4-3-7-17-14(13)18(2)10-12-5-8-16-9-6-12/h3-9,11H,10,15H2,1-2H3. The number of hydrogen-bond donors (Lipinski definition) is 1. The van der Waals surface area contributed by atoms with Crippen molar-refractivity contribution in [3.63, 3.8) is 0 Å². The van der Waals surface area contributed by atoms with Crippen LogP contribution in [0, 0.1) is 0 Å². The molecule has 1 unspecified atom stereocenters. The van der Waals surface area contributed by atoms with E-state index in [1.54, 1.807) is 18.6 Å². The predicted molar refractivity (Wildman–Crippen MR) is 73.2 cm³/mol. The van der Waals surface area contributed by atoms with Crippen LogP contribution in [0.2, 0.25) is 0 Å². The Hall–Kier alpha value is -1.94. The normalized spacial score (nSPS) is 12.2. The van der Waals surface area contributed by atoms with Crippen molar-refractivity contribution < 1.29 is 0 Å². The Morgan fingerprint density at radius 1 is 1.22 bits per heavy atom. The summed E-state index contributed by atoms with van der Waals surface area (Å²) in [5.74, 6) is 0.935. The molecule has 0 aromatic carbocycles. The third-order valence-corrected chi connectivity index (χ3v) is 2.84. The molecule has 0 aliphatic carbocycles. The smallest absolute Gasteiger partial charge is 0.133 e. The summed E-state index contributed by atoms with van der Waals surface area (Å²) in [6.07, 6.45) is 5.40. The van der Waals surface area contributed by atoms with Gasteiger partial charge in [0.05, 0.1) is 0 Å². The highest BCUT2D eigenvalue weighted by atomic mass is 15.2. The van der Waals surface area contributed by atoms with Crippen LogP contribution in [0.4, 0.5) is 5.82 Å². The lowest BCUT2D eigenvalue weighted by molar-refractivity contribution is 0.788. The van der Waals surface area contributed by atoms with Crippen LogP contribution in [0.15, 0.2) is 42.9 Å². The van der Waals surface area contributed by atoms with E-state index in [4.69, 9.17) is 5.73 Å². The predicted octanol–water partition coefficient (Wildman–Crippen LogP) is 2.13. The molecule has 2 N–H and O–H groups in total. The van der Waals surface area contributed by atoms with E-state index < -0.39 is 0 Å². The molecule has 0 aliphatic rings. The summed E-state index contributed by atoms with van der Waals surface area (Å²) in [5, 5.41) is 0. The molecular formula is C14H18N4. The molecule has 2 heterocycles. The van der Waals surface area contributed by atoms with Gasteiger partial charge in [0.1, 0.15) is 5.82 Å². The first-order valence-corrected chi connectivity index (χ1v) is 5.99. The molecule has 94 valence electrons. The fourth-order valence-electron chi connectivity index (χ4n) is 1.92. The Balaban J connectivity index is 2.21. The molecule has 18 heavy (non-hydrogen) atoms. The molecule has 0 spiro atoms. The van der Waals surface area contributed by atoms with Gasteiger partial charge >= 0.3 is 0 Å². The van der Waals surface area contributed by atoms with Gasteiger partial charge in [0.2, 0.25) is 0 Å². The number of hydrogen-bond acceptors (Lipinski definition) is 4. The third-order valence-electron chi connectivity index (χ3n) is 2.84. The van der Waals surface area contributed by atoms with Crippen LogP contribution < -0.4 is 10.6 Å². The Kier molecular flexibility index (Phi) is 3.89. The highest BCUT2D eigenvalue weighted by molar-refractivity contribution is 5.47. The fourth-order valence-corrected chi connectivity index (χ4v) is 1.92. The van der Waals surface area contributed by atoms with E-state index in [-0.39, 0.29) is 6.04 Å². The maximum Gasteiger partial charge on any atom is 0.133 e. The van der Waals surface area contributed by atoms with E-state index >= 15 is 0 Å². The van der Waals surface area contributed by atoms with Crippen molar-refractivity contribution >= 4 is 5.82 Å². The number of rotatable bonds is 4. The monoisotopic (exact) mass is 242 g/mol. The molecule has 2 rings (SSSR count). The lowest BCUT2D eigenvalue weighted by Gasteiger charge is -2.22. The van der Waals surface area contributed by atoms with Gasteiger partial charge in [-0.2, -0.15) is 0 Å². The minimum Gasteiger partial charge on any atom is -0.355 e. The maximum atomic E-state index is 5.97. The van der Waals surface area contributed by atoms with Gasteiger partial charge in [-0.1, -0.05) is 6.07 Å². The lowest BCUT2D eigenvalue weighted by Crippen LogP contribution is -2.21. The molecule has 4 nitrogen and oxygen atoms in total. The Morgan fingerprint density at radius 2 is 1.94 bits per heavy atom. The lowest BCUT2D eigenvalue weighted by atomic mass is 10.1. The first kappa shape index (κ1) is 12.5. The number of nitrogens with two attached hydrogens (primary N) is 1. The van der Waals surface area contributed by atoms with Gasteiger partial charge in [0, 0.05) is 43.8 Å². The Bertz CT molecular complexity index is 496. The van der Waals surface area contributed by atoms with Crippen molar-refractivity contribution in [2.24, 2.45) is 5.73 Å². The zero-order valence-electron chi connectivity index (χ0n) is 10.7. The molecular weight excluding hydrogens is 224 g/mol. The van der Waals surface area contributed by atoms with Crippen LogP contribution in [0.5, 0.6) is 0 Å². The number of aromatic nitrogens is 2. The number of pyridine rings is 2. The Labute approximate surface area is 107 Å². The van der Waals surface area contributed by atoms with Crippen molar-refractivity contribution in [3.8, 4) is 0 Å². The first-order valence-electron chi connectivity index (χ1n) is 5.99. The van der Waals surface area contributed by atoms with E-state index in [1.807, 2.05) is 38.2 Å². The fraction of sp³-hybridized carbons (Fsp3) is 0.286. The van der Waals surface area contributed by atoms with Gasteiger partial charge in [0.15, 0.2) is 0 Å². The van der Waals surface area contributed by atoms with E-state index in [9.17, 15) is 0 Å². The van der Waals surface area contributed by atoms with E-state index in [0.29, 0.717) is 0 Å². The molecule has 0 amide bonds. The maximum absolute atomic E-state index is 5.97. The second kappa shape index (κ2) is 5.60. The van der Waals surface area contributed by atoms with Gasteiger partial charge < -0.3 is 10.6 Å². The minimum absolute atomic E-state index is 0.0198. The molecule has 1 atom stereocenters. The second-order valence-corrected chi connectivity index (χ2v) is 4.42. The van der Waals surface area contributed by atoms with E-state index in [0.717, 1.165) is 17.9 Å². The topological polar surface area (TPSA) is 55.0 Å². The molecule has 2 aromatic rings. The summed E-state index contributed by atoms with van der Waals surface area (Å²) < 4.78 is 0. The van der Waals surface area contributed by atoms with Crippen LogP contribution >= 0.6 is 0 Å². The van der Waals surface area contributed by atoms with E-state index in [2.05, 4.69) is 14.9 Å².